The van der Waals surface area contributed by atoms with Gasteiger partial charge in [-0.1, -0.05) is 12.1 Å². The number of amides is 2. The summed E-state index contributed by atoms with van der Waals surface area (Å²) in [4.78, 5) is 23.1. The minimum Gasteiger partial charge on any atom is -0.459 e. The maximum atomic E-state index is 11.8. The molecule has 110 valence electrons. The summed E-state index contributed by atoms with van der Waals surface area (Å²) in [6, 6.07) is 10.5. The molecule has 2 amide bonds. The molecule has 0 aliphatic rings. The van der Waals surface area contributed by atoms with Crippen LogP contribution in [-0.2, 0) is 11.3 Å². The van der Waals surface area contributed by atoms with E-state index in [0.717, 1.165) is 5.56 Å². The quantitative estimate of drug-likeness (QED) is 0.749. The summed E-state index contributed by atoms with van der Waals surface area (Å²) in [6.45, 7) is 0.740. The van der Waals surface area contributed by atoms with Crippen molar-refractivity contribution in [3.8, 4) is 0 Å². The number of likely N-dealkylation sites (N-methyl/N-ethyl adjacent to an activating group) is 1. The van der Waals surface area contributed by atoms with Crippen LogP contribution in [0.1, 0.15) is 16.1 Å². The fraction of sp³-hybridized carbons (Fsp3) is 0.200. The molecular formula is C15H17N3O3. The highest BCUT2D eigenvalue weighted by Crippen LogP contribution is 2.11. The highest BCUT2D eigenvalue weighted by atomic mass is 16.3. The van der Waals surface area contributed by atoms with Crippen molar-refractivity contribution < 1.29 is 14.0 Å². The highest BCUT2D eigenvalue weighted by Gasteiger charge is 2.08. The van der Waals surface area contributed by atoms with Crippen molar-refractivity contribution in [3.63, 3.8) is 0 Å². The lowest BCUT2D eigenvalue weighted by Crippen LogP contribution is -2.31. The predicted molar refractivity (Wildman–Crippen MR) is 78.9 cm³/mol. The van der Waals surface area contributed by atoms with Crippen molar-refractivity contribution in [3.05, 3.63) is 54.0 Å². The number of carbonyl (C=O) groups excluding carboxylic acids is 2. The van der Waals surface area contributed by atoms with Crippen molar-refractivity contribution in [2.75, 3.05) is 18.9 Å². The third-order valence-corrected chi connectivity index (χ3v) is 2.78. The van der Waals surface area contributed by atoms with E-state index in [1.807, 2.05) is 12.1 Å². The smallest absolute Gasteiger partial charge is 0.291 e. The Labute approximate surface area is 122 Å². The molecule has 1 heterocycles. The Bertz CT molecular complexity index is 591. The van der Waals surface area contributed by atoms with Gasteiger partial charge in [0.1, 0.15) is 0 Å². The summed E-state index contributed by atoms with van der Waals surface area (Å²) in [7, 11) is 1.72. The molecule has 1 aromatic carbocycles. The molecule has 0 aliphatic carbocycles. The molecule has 0 saturated carbocycles. The maximum absolute atomic E-state index is 11.8. The van der Waals surface area contributed by atoms with Crippen LogP contribution in [0.2, 0.25) is 0 Å². The van der Waals surface area contributed by atoms with E-state index in [4.69, 9.17) is 4.42 Å². The Morgan fingerprint density at radius 3 is 2.52 bits per heavy atom. The average Bonchev–Trinajstić information content (AvgIpc) is 3.01. The van der Waals surface area contributed by atoms with Gasteiger partial charge in [0.05, 0.1) is 12.8 Å². The van der Waals surface area contributed by atoms with Crippen LogP contribution in [0, 0.1) is 0 Å². The number of anilines is 1. The molecule has 0 saturated heterocycles. The fourth-order valence-electron chi connectivity index (χ4n) is 1.73. The first-order valence-corrected chi connectivity index (χ1v) is 6.54. The topological polar surface area (TPSA) is 83.4 Å². The van der Waals surface area contributed by atoms with Gasteiger partial charge in [0.25, 0.3) is 5.91 Å². The standard InChI is InChI=1S/C15H17N3O3/c1-16-10-14(19)17-9-11-4-6-12(7-5-11)18-15(20)13-3-2-8-21-13/h2-8,16H,9-10H2,1H3,(H,17,19)(H,18,20). The van der Waals surface area contributed by atoms with Crippen LogP contribution in [0.25, 0.3) is 0 Å². The second-order valence-electron chi connectivity index (χ2n) is 4.44. The summed E-state index contributed by atoms with van der Waals surface area (Å²) in [5.74, 6) is -0.0961. The van der Waals surface area contributed by atoms with Gasteiger partial charge in [-0.2, -0.15) is 0 Å². The van der Waals surface area contributed by atoms with E-state index in [0.29, 0.717) is 12.2 Å². The van der Waals surface area contributed by atoms with Crippen LogP contribution in [0.3, 0.4) is 0 Å². The molecular weight excluding hydrogens is 270 g/mol. The molecule has 0 radical (unpaired) electrons. The molecule has 2 rings (SSSR count). The van der Waals surface area contributed by atoms with Crippen molar-refractivity contribution in [1.29, 1.82) is 0 Å². The number of nitrogens with one attached hydrogen (secondary N) is 3. The van der Waals surface area contributed by atoms with Gasteiger partial charge in [-0.25, -0.2) is 0 Å². The van der Waals surface area contributed by atoms with Gasteiger partial charge in [-0.15, -0.1) is 0 Å². The van der Waals surface area contributed by atoms with E-state index in [9.17, 15) is 9.59 Å². The number of hydrogen-bond donors (Lipinski definition) is 3. The summed E-state index contributed by atoms with van der Waals surface area (Å²) in [5.41, 5.74) is 1.62. The first kappa shape index (κ1) is 14.8. The minimum atomic E-state index is -0.296. The number of rotatable bonds is 6. The van der Waals surface area contributed by atoms with E-state index in [2.05, 4.69) is 16.0 Å². The molecule has 0 fully saturated rings. The number of benzene rings is 1. The zero-order chi connectivity index (χ0) is 15.1. The lowest BCUT2D eigenvalue weighted by Gasteiger charge is -2.07. The monoisotopic (exact) mass is 287 g/mol. The first-order valence-electron chi connectivity index (χ1n) is 6.54. The van der Waals surface area contributed by atoms with Crippen LogP contribution < -0.4 is 16.0 Å². The van der Waals surface area contributed by atoms with E-state index in [-0.39, 0.29) is 24.1 Å². The number of furan rings is 1. The molecule has 0 unspecified atom stereocenters. The number of hydrogen-bond acceptors (Lipinski definition) is 4. The largest absolute Gasteiger partial charge is 0.459 e. The Morgan fingerprint density at radius 1 is 1.14 bits per heavy atom. The van der Waals surface area contributed by atoms with Gasteiger partial charge in [0, 0.05) is 12.2 Å². The molecule has 21 heavy (non-hydrogen) atoms. The SMILES string of the molecule is CNCC(=O)NCc1ccc(NC(=O)c2ccco2)cc1. The van der Waals surface area contributed by atoms with Crippen LogP contribution in [0.5, 0.6) is 0 Å². The summed E-state index contributed by atoms with van der Waals surface area (Å²) < 4.78 is 5.01. The molecule has 0 spiro atoms. The second kappa shape index (κ2) is 7.25. The van der Waals surface area contributed by atoms with E-state index >= 15 is 0 Å². The molecule has 0 bridgehead atoms. The van der Waals surface area contributed by atoms with Crippen molar-refractivity contribution in [2.24, 2.45) is 0 Å². The van der Waals surface area contributed by atoms with Crippen LogP contribution >= 0.6 is 0 Å². The summed E-state index contributed by atoms with van der Waals surface area (Å²) >= 11 is 0. The number of carbonyl (C=O) groups is 2. The predicted octanol–water partition coefficient (Wildman–Crippen LogP) is 1.37. The maximum Gasteiger partial charge on any atom is 0.291 e. The molecule has 2 aromatic rings. The lowest BCUT2D eigenvalue weighted by atomic mass is 10.2. The van der Waals surface area contributed by atoms with E-state index in [1.165, 1.54) is 6.26 Å². The molecule has 3 N–H and O–H groups in total. The van der Waals surface area contributed by atoms with Crippen LogP contribution in [0.15, 0.2) is 47.1 Å². The zero-order valence-corrected chi connectivity index (χ0v) is 11.7. The summed E-state index contributed by atoms with van der Waals surface area (Å²) in [5, 5.41) is 8.28. The lowest BCUT2D eigenvalue weighted by molar-refractivity contribution is -0.120. The van der Waals surface area contributed by atoms with Gasteiger partial charge >= 0.3 is 0 Å². The third kappa shape index (κ3) is 4.47. The van der Waals surface area contributed by atoms with E-state index in [1.54, 1.807) is 31.3 Å². The Balaban J connectivity index is 1.87. The highest BCUT2D eigenvalue weighted by molar-refractivity contribution is 6.02. The zero-order valence-electron chi connectivity index (χ0n) is 11.7. The van der Waals surface area contributed by atoms with Crippen molar-refractivity contribution >= 4 is 17.5 Å². The molecule has 0 aliphatic heterocycles. The molecule has 1 aromatic heterocycles. The Kier molecular flexibility index (Phi) is 5.11. The summed E-state index contributed by atoms with van der Waals surface area (Å²) in [6.07, 6.45) is 1.45. The first-order chi connectivity index (χ1) is 10.2. The Morgan fingerprint density at radius 2 is 1.90 bits per heavy atom. The molecule has 0 atom stereocenters. The minimum absolute atomic E-state index is 0.0623. The Hall–Kier alpha value is -2.60. The fourth-order valence-corrected chi connectivity index (χ4v) is 1.73. The average molecular weight is 287 g/mol. The second-order valence-corrected chi connectivity index (χ2v) is 4.44. The van der Waals surface area contributed by atoms with Gasteiger partial charge in [-0.3, -0.25) is 9.59 Å². The van der Waals surface area contributed by atoms with Gasteiger partial charge < -0.3 is 20.4 Å². The van der Waals surface area contributed by atoms with Crippen molar-refractivity contribution in [2.45, 2.75) is 6.54 Å². The van der Waals surface area contributed by atoms with Crippen LogP contribution in [0.4, 0.5) is 5.69 Å². The van der Waals surface area contributed by atoms with Gasteiger partial charge in [-0.05, 0) is 36.9 Å². The van der Waals surface area contributed by atoms with E-state index < -0.39 is 0 Å². The molecule has 6 heteroatoms. The van der Waals surface area contributed by atoms with Gasteiger partial charge in [0.15, 0.2) is 5.76 Å². The van der Waals surface area contributed by atoms with Crippen LogP contribution in [-0.4, -0.2) is 25.4 Å². The van der Waals surface area contributed by atoms with Crippen molar-refractivity contribution in [1.82, 2.24) is 10.6 Å². The molecule has 6 nitrogen and oxygen atoms in total. The third-order valence-electron chi connectivity index (χ3n) is 2.78. The normalized spacial score (nSPS) is 10.1. The van der Waals surface area contributed by atoms with Gasteiger partial charge in [0.2, 0.25) is 5.91 Å².